The van der Waals surface area contributed by atoms with Gasteiger partial charge >= 0.3 is 0 Å². The van der Waals surface area contributed by atoms with Crippen LogP contribution in [0.15, 0.2) is 18.2 Å². The maximum absolute atomic E-state index is 13.4. The third-order valence-corrected chi connectivity index (χ3v) is 2.68. The summed E-state index contributed by atoms with van der Waals surface area (Å²) in [5, 5.41) is 3.72. The van der Waals surface area contributed by atoms with Crippen molar-refractivity contribution >= 4 is 11.6 Å². The molecule has 0 saturated carbocycles. The minimum atomic E-state index is -0.218. The molecule has 0 bridgehead atoms. The average molecular weight is 246 g/mol. The highest BCUT2D eigenvalue weighted by Crippen LogP contribution is 2.20. The highest BCUT2D eigenvalue weighted by atomic mass is 35.5. The lowest BCUT2D eigenvalue weighted by atomic mass is 10.1. The summed E-state index contributed by atoms with van der Waals surface area (Å²) < 4.78 is 18.3. The topological polar surface area (TPSA) is 21.3 Å². The first kappa shape index (κ1) is 13.4. The lowest BCUT2D eigenvalue weighted by Gasteiger charge is -2.06. The summed E-state index contributed by atoms with van der Waals surface area (Å²) in [6.07, 6.45) is 1.52. The number of methoxy groups -OCH3 is 1. The Hall–Kier alpha value is -0.640. The maximum atomic E-state index is 13.4. The summed E-state index contributed by atoms with van der Waals surface area (Å²) in [4.78, 5) is 0. The van der Waals surface area contributed by atoms with E-state index < -0.39 is 0 Å². The Bertz CT molecular complexity index is 300. The van der Waals surface area contributed by atoms with Crippen LogP contribution in [0.4, 0.5) is 4.39 Å². The van der Waals surface area contributed by atoms with E-state index in [1.165, 1.54) is 6.07 Å². The van der Waals surface area contributed by atoms with Crippen molar-refractivity contribution in [3.05, 3.63) is 34.6 Å². The van der Waals surface area contributed by atoms with Gasteiger partial charge in [-0.2, -0.15) is 0 Å². The molecule has 90 valence electrons. The number of hydrogen-bond acceptors (Lipinski definition) is 2. The number of nitrogens with one attached hydrogen (secondary N) is 1. The van der Waals surface area contributed by atoms with Crippen LogP contribution < -0.4 is 5.32 Å². The quantitative estimate of drug-likeness (QED) is 0.746. The van der Waals surface area contributed by atoms with Crippen LogP contribution in [0.5, 0.6) is 0 Å². The van der Waals surface area contributed by atoms with Crippen LogP contribution in [0.3, 0.4) is 0 Å². The van der Waals surface area contributed by atoms with Crippen LogP contribution in [0.25, 0.3) is 0 Å². The van der Waals surface area contributed by atoms with Gasteiger partial charge in [-0.1, -0.05) is 17.7 Å². The zero-order chi connectivity index (χ0) is 11.8. The molecule has 0 aliphatic rings. The molecule has 0 amide bonds. The summed E-state index contributed by atoms with van der Waals surface area (Å²) in [5.41, 5.74) is 0.609. The Kier molecular flexibility index (Phi) is 6.38. The van der Waals surface area contributed by atoms with Crippen LogP contribution in [0.1, 0.15) is 12.0 Å². The van der Waals surface area contributed by atoms with E-state index in [2.05, 4.69) is 5.32 Å². The fraction of sp³-hybridized carbons (Fsp3) is 0.500. The fourth-order valence-corrected chi connectivity index (χ4v) is 1.72. The third kappa shape index (κ3) is 4.47. The second-order valence-electron chi connectivity index (χ2n) is 3.55. The van der Waals surface area contributed by atoms with E-state index in [9.17, 15) is 4.39 Å². The van der Waals surface area contributed by atoms with Gasteiger partial charge in [0.1, 0.15) is 5.82 Å². The lowest BCUT2D eigenvalue weighted by Crippen LogP contribution is -2.20. The van der Waals surface area contributed by atoms with Gasteiger partial charge < -0.3 is 10.1 Å². The van der Waals surface area contributed by atoms with Crippen LogP contribution in [0, 0.1) is 5.82 Å². The fourth-order valence-electron chi connectivity index (χ4n) is 1.46. The Balaban J connectivity index is 2.26. The van der Waals surface area contributed by atoms with Crippen molar-refractivity contribution in [3.63, 3.8) is 0 Å². The molecule has 1 aromatic carbocycles. The number of hydrogen-bond donors (Lipinski definition) is 1. The molecule has 0 spiro atoms. The zero-order valence-corrected chi connectivity index (χ0v) is 10.2. The molecule has 0 unspecified atom stereocenters. The van der Waals surface area contributed by atoms with Gasteiger partial charge in [0.05, 0.1) is 6.61 Å². The van der Waals surface area contributed by atoms with Crippen molar-refractivity contribution < 1.29 is 9.13 Å². The van der Waals surface area contributed by atoms with Crippen LogP contribution >= 0.6 is 11.6 Å². The monoisotopic (exact) mass is 245 g/mol. The van der Waals surface area contributed by atoms with Gasteiger partial charge in [0.25, 0.3) is 0 Å². The largest absolute Gasteiger partial charge is 0.383 e. The van der Waals surface area contributed by atoms with Gasteiger partial charge in [-0.05, 0) is 31.5 Å². The molecule has 2 nitrogen and oxygen atoms in total. The van der Waals surface area contributed by atoms with Crippen molar-refractivity contribution in [1.82, 2.24) is 5.32 Å². The van der Waals surface area contributed by atoms with Crippen molar-refractivity contribution in [2.45, 2.75) is 12.8 Å². The summed E-state index contributed by atoms with van der Waals surface area (Å²) in [6, 6.07) is 4.79. The van der Waals surface area contributed by atoms with Gasteiger partial charge in [-0.15, -0.1) is 0 Å². The molecule has 0 fully saturated rings. The Morgan fingerprint density at radius 3 is 2.88 bits per heavy atom. The molecule has 1 rings (SSSR count). The predicted octanol–water partition coefficient (Wildman–Crippen LogP) is 2.65. The Morgan fingerprint density at radius 1 is 1.38 bits per heavy atom. The maximum Gasteiger partial charge on any atom is 0.127 e. The van der Waals surface area contributed by atoms with Crippen LogP contribution in [0.2, 0.25) is 5.02 Å². The minimum Gasteiger partial charge on any atom is -0.383 e. The smallest absolute Gasteiger partial charge is 0.127 e. The van der Waals surface area contributed by atoms with Crippen molar-refractivity contribution in [2.75, 3.05) is 26.8 Å². The van der Waals surface area contributed by atoms with Gasteiger partial charge in [0, 0.05) is 24.2 Å². The van der Waals surface area contributed by atoms with Crippen LogP contribution in [-0.2, 0) is 11.2 Å². The molecular formula is C12H17ClFNO. The summed E-state index contributed by atoms with van der Waals surface area (Å²) in [6.45, 7) is 2.36. The number of ether oxygens (including phenoxy) is 1. The molecule has 1 aromatic rings. The van der Waals surface area contributed by atoms with E-state index in [0.29, 0.717) is 23.6 Å². The molecule has 0 aliphatic heterocycles. The summed E-state index contributed by atoms with van der Waals surface area (Å²) in [7, 11) is 1.67. The van der Waals surface area contributed by atoms with E-state index in [1.807, 2.05) is 0 Å². The third-order valence-electron chi connectivity index (χ3n) is 2.32. The minimum absolute atomic E-state index is 0.218. The first-order valence-corrected chi connectivity index (χ1v) is 5.76. The normalized spacial score (nSPS) is 10.7. The first-order chi connectivity index (χ1) is 7.75. The number of rotatable bonds is 7. The second-order valence-corrected chi connectivity index (χ2v) is 3.95. The van der Waals surface area contributed by atoms with E-state index >= 15 is 0 Å². The molecule has 0 aliphatic carbocycles. The molecular weight excluding hydrogens is 229 g/mol. The molecule has 4 heteroatoms. The predicted molar refractivity (Wildman–Crippen MR) is 64.5 cm³/mol. The Labute approximate surface area is 101 Å². The Morgan fingerprint density at radius 2 is 2.19 bits per heavy atom. The average Bonchev–Trinajstić information content (AvgIpc) is 2.26. The number of halogens is 2. The first-order valence-electron chi connectivity index (χ1n) is 5.38. The molecule has 1 N–H and O–H groups in total. The van der Waals surface area contributed by atoms with Crippen LogP contribution in [-0.4, -0.2) is 26.8 Å². The highest BCUT2D eigenvalue weighted by Gasteiger charge is 2.05. The SMILES string of the molecule is COCCNCCCc1c(F)cccc1Cl. The van der Waals surface area contributed by atoms with Crippen molar-refractivity contribution in [2.24, 2.45) is 0 Å². The highest BCUT2D eigenvalue weighted by molar-refractivity contribution is 6.31. The molecule has 0 heterocycles. The molecule has 0 saturated heterocycles. The van der Waals surface area contributed by atoms with Gasteiger partial charge in [-0.25, -0.2) is 4.39 Å². The zero-order valence-electron chi connectivity index (χ0n) is 9.43. The van der Waals surface area contributed by atoms with E-state index in [-0.39, 0.29) is 5.82 Å². The van der Waals surface area contributed by atoms with Gasteiger partial charge in [-0.3, -0.25) is 0 Å². The van der Waals surface area contributed by atoms with E-state index in [0.717, 1.165) is 19.5 Å². The molecule has 0 atom stereocenters. The van der Waals surface area contributed by atoms with E-state index in [1.54, 1.807) is 19.2 Å². The van der Waals surface area contributed by atoms with Gasteiger partial charge in [0.2, 0.25) is 0 Å². The van der Waals surface area contributed by atoms with Crippen molar-refractivity contribution in [3.8, 4) is 0 Å². The second kappa shape index (κ2) is 7.60. The molecule has 0 aromatic heterocycles. The molecule has 16 heavy (non-hydrogen) atoms. The van der Waals surface area contributed by atoms with Crippen molar-refractivity contribution in [1.29, 1.82) is 0 Å². The lowest BCUT2D eigenvalue weighted by molar-refractivity contribution is 0.199. The summed E-state index contributed by atoms with van der Waals surface area (Å²) >= 11 is 5.91. The standard InChI is InChI=1S/C12H17ClFNO/c1-16-9-8-15-7-3-4-10-11(13)5-2-6-12(10)14/h2,5-6,15H,3-4,7-9H2,1H3. The summed E-state index contributed by atoms with van der Waals surface area (Å²) in [5.74, 6) is -0.218. The van der Waals surface area contributed by atoms with E-state index in [4.69, 9.17) is 16.3 Å². The number of benzene rings is 1. The van der Waals surface area contributed by atoms with Gasteiger partial charge in [0.15, 0.2) is 0 Å². The molecule has 0 radical (unpaired) electrons.